The molecule has 1 aromatic rings. The molecule has 1 heterocycles. The third-order valence-electron chi connectivity index (χ3n) is 2.27. The van der Waals surface area contributed by atoms with Crippen LogP contribution in [0.3, 0.4) is 0 Å². The van der Waals surface area contributed by atoms with Gasteiger partial charge in [0.15, 0.2) is 9.84 Å². The van der Waals surface area contributed by atoms with E-state index in [1.807, 2.05) is 12.1 Å². The van der Waals surface area contributed by atoms with Crippen molar-refractivity contribution in [2.45, 2.75) is 18.1 Å². The Morgan fingerprint density at radius 2 is 2.00 bits per heavy atom. The molecule has 1 aromatic heterocycles. The molecule has 0 saturated carbocycles. The lowest BCUT2D eigenvalue weighted by Crippen LogP contribution is -2.23. The van der Waals surface area contributed by atoms with E-state index < -0.39 is 9.84 Å². The fourth-order valence-electron chi connectivity index (χ4n) is 1.39. The zero-order valence-electron chi connectivity index (χ0n) is 8.63. The van der Waals surface area contributed by atoms with Crippen LogP contribution in [0.25, 0.3) is 0 Å². The summed E-state index contributed by atoms with van der Waals surface area (Å²) in [5.74, 6) is 0.586. The highest BCUT2D eigenvalue weighted by atomic mass is 32.2. The second-order valence-corrected chi connectivity index (χ2v) is 6.30. The number of sulfone groups is 1. The Morgan fingerprint density at radius 3 is 2.47 bits per heavy atom. The third-order valence-corrected chi connectivity index (χ3v) is 4.14. The lowest BCUT2D eigenvalue weighted by Gasteiger charge is -2.13. The van der Waals surface area contributed by atoms with E-state index in [2.05, 4.69) is 17.6 Å². The van der Waals surface area contributed by atoms with Crippen molar-refractivity contribution in [3.05, 3.63) is 30.1 Å². The van der Waals surface area contributed by atoms with E-state index in [-0.39, 0.29) is 5.25 Å². The van der Waals surface area contributed by atoms with Crippen molar-refractivity contribution < 1.29 is 8.42 Å². The molecule has 15 heavy (non-hydrogen) atoms. The Bertz CT molecular complexity index is 389. The van der Waals surface area contributed by atoms with Gasteiger partial charge >= 0.3 is 0 Å². The van der Waals surface area contributed by atoms with Crippen LogP contribution in [0.2, 0.25) is 0 Å². The second kappa shape index (κ2) is 5.51. The molecule has 0 saturated heterocycles. The van der Waals surface area contributed by atoms with Crippen LogP contribution in [0.1, 0.15) is 12.0 Å². The number of pyridine rings is 1. The second-order valence-electron chi connectivity index (χ2n) is 3.52. The van der Waals surface area contributed by atoms with Crippen molar-refractivity contribution in [3.63, 3.8) is 0 Å². The Hall–Kier alpha value is -0.550. The summed E-state index contributed by atoms with van der Waals surface area (Å²) in [5.41, 5.74) is 1.00. The molecule has 1 atom stereocenters. The standard InChI is InChI=1S/C10H15NO2S2/c1-15(12,13)10(4-7-14)8-9-2-5-11-6-3-9/h2-3,5-6,10,14H,4,7-8H2,1H3. The highest BCUT2D eigenvalue weighted by Crippen LogP contribution is 2.12. The summed E-state index contributed by atoms with van der Waals surface area (Å²) in [6.45, 7) is 0. The van der Waals surface area contributed by atoms with Gasteiger partial charge in [0.1, 0.15) is 0 Å². The molecular weight excluding hydrogens is 230 g/mol. The van der Waals surface area contributed by atoms with E-state index in [9.17, 15) is 8.42 Å². The maximum Gasteiger partial charge on any atom is 0.150 e. The Balaban J connectivity index is 2.76. The van der Waals surface area contributed by atoms with Crippen molar-refractivity contribution in [1.82, 2.24) is 4.98 Å². The lowest BCUT2D eigenvalue weighted by atomic mass is 10.1. The number of aromatic nitrogens is 1. The first-order valence-electron chi connectivity index (χ1n) is 4.72. The predicted octanol–water partition coefficient (Wildman–Crippen LogP) is 1.36. The summed E-state index contributed by atoms with van der Waals surface area (Å²) in [6, 6.07) is 3.69. The molecule has 1 unspecified atom stereocenters. The molecular formula is C10H15NO2S2. The average molecular weight is 245 g/mol. The summed E-state index contributed by atoms with van der Waals surface area (Å²) < 4.78 is 23.0. The van der Waals surface area contributed by atoms with Gasteiger partial charge in [0.25, 0.3) is 0 Å². The van der Waals surface area contributed by atoms with Crippen LogP contribution in [0.15, 0.2) is 24.5 Å². The van der Waals surface area contributed by atoms with Gasteiger partial charge in [-0.05, 0) is 36.3 Å². The van der Waals surface area contributed by atoms with Gasteiger partial charge < -0.3 is 0 Å². The zero-order valence-corrected chi connectivity index (χ0v) is 10.3. The Morgan fingerprint density at radius 1 is 1.40 bits per heavy atom. The highest BCUT2D eigenvalue weighted by Gasteiger charge is 2.19. The third kappa shape index (κ3) is 4.22. The normalized spacial score (nSPS) is 13.7. The van der Waals surface area contributed by atoms with Gasteiger partial charge in [-0.15, -0.1) is 0 Å². The first-order chi connectivity index (χ1) is 7.04. The van der Waals surface area contributed by atoms with Crippen molar-refractivity contribution >= 4 is 22.5 Å². The number of nitrogens with zero attached hydrogens (tertiary/aromatic N) is 1. The monoisotopic (exact) mass is 245 g/mol. The van der Waals surface area contributed by atoms with Crippen molar-refractivity contribution in [2.24, 2.45) is 0 Å². The Labute approximate surface area is 96.3 Å². The summed E-state index contributed by atoms with van der Waals surface area (Å²) in [7, 11) is -2.99. The summed E-state index contributed by atoms with van der Waals surface area (Å²) in [5, 5.41) is -0.336. The molecule has 0 spiro atoms. The SMILES string of the molecule is CS(=O)(=O)C(CCS)Cc1ccncc1. The molecule has 0 aliphatic heterocycles. The van der Waals surface area contributed by atoms with Crippen LogP contribution in [-0.4, -0.2) is 30.7 Å². The van der Waals surface area contributed by atoms with Crippen molar-refractivity contribution in [1.29, 1.82) is 0 Å². The minimum atomic E-state index is -2.99. The molecule has 0 amide bonds. The van der Waals surface area contributed by atoms with Crippen LogP contribution in [0.4, 0.5) is 0 Å². The van der Waals surface area contributed by atoms with Gasteiger partial charge in [-0.25, -0.2) is 8.42 Å². The predicted molar refractivity (Wildman–Crippen MR) is 65.0 cm³/mol. The minimum Gasteiger partial charge on any atom is -0.265 e. The van der Waals surface area contributed by atoms with Crippen LogP contribution in [0.5, 0.6) is 0 Å². The van der Waals surface area contributed by atoms with Gasteiger partial charge in [0, 0.05) is 18.6 Å². The van der Waals surface area contributed by atoms with E-state index in [1.165, 1.54) is 6.26 Å². The fourth-order valence-corrected chi connectivity index (χ4v) is 2.92. The summed E-state index contributed by atoms with van der Waals surface area (Å²) in [6.07, 6.45) is 5.76. The number of thiol groups is 1. The Kier molecular flexibility index (Phi) is 4.60. The zero-order chi connectivity index (χ0) is 11.3. The van der Waals surface area contributed by atoms with E-state index in [1.54, 1.807) is 12.4 Å². The summed E-state index contributed by atoms with van der Waals surface area (Å²) >= 11 is 4.08. The number of hydrogen-bond acceptors (Lipinski definition) is 4. The van der Waals surface area contributed by atoms with Crippen LogP contribution in [-0.2, 0) is 16.3 Å². The van der Waals surface area contributed by atoms with Crippen molar-refractivity contribution in [3.8, 4) is 0 Å². The van der Waals surface area contributed by atoms with E-state index in [4.69, 9.17) is 0 Å². The van der Waals surface area contributed by atoms with Gasteiger partial charge in [0.2, 0.25) is 0 Å². The van der Waals surface area contributed by atoms with Gasteiger partial charge in [-0.2, -0.15) is 12.6 Å². The highest BCUT2D eigenvalue weighted by molar-refractivity contribution is 7.91. The maximum atomic E-state index is 11.5. The molecule has 0 bridgehead atoms. The molecule has 0 aliphatic carbocycles. The fraction of sp³-hybridized carbons (Fsp3) is 0.500. The number of rotatable bonds is 5. The summed E-state index contributed by atoms with van der Waals surface area (Å²) in [4.78, 5) is 3.90. The molecule has 0 aliphatic rings. The van der Waals surface area contributed by atoms with Gasteiger partial charge in [-0.1, -0.05) is 0 Å². The maximum absolute atomic E-state index is 11.5. The molecule has 0 radical (unpaired) electrons. The topological polar surface area (TPSA) is 47.0 Å². The van der Waals surface area contributed by atoms with Crippen LogP contribution >= 0.6 is 12.6 Å². The van der Waals surface area contributed by atoms with Crippen LogP contribution in [0, 0.1) is 0 Å². The number of hydrogen-bond donors (Lipinski definition) is 1. The van der Waals surface area contributed by atoms with Gasteiger partial charge in [0.05, 0.1) is 5.25 Å². The van der Waals surface area contributed by atoms with E-state index in [0.717, 1.165) is 5.56 Å². The van der Waals surface area contributed by atoms with E-state index >= 15 is 0 Å². The lowest BCUT2D eigenvalue weighted by molar-refractivity contribution is 0.580. The first kappa shape index (κ1) is 12.5. The molecule has 5 heteroatoms. The molecule has 0 N–H and O–H groups in total. The molecule has 84 valence electrons. The van der Waals surface area contributed by atoms with Gasteiger partial charge in [-0.3, -0.25) is 4.98 Å². The largest absolute Gasteiger partial charge is 0.265 e. The average Bonchev–Trinajstić information content (AvgIpc) is 2.17. The molecule has 0 aromatic carbocycles. The van der Waals surface area contributed by atoms with Crippen LogP contribution < -0.4 is 0 Å². The first-order valence-corrected chi connectivity index (χ1v) is 7.31. The minimum absolute atomic E-state index is 0.336. The van der Waals surface area contributed by atoms with Crippen molar-refractivity contribution in [2.75, 3.05) is 12.0 Å². The molecule has 1 rings (SSSR count). The molecule has 0 fully saturated rings. The smallest absolute Gasteiger partial charge is 0.150 e. The quantitative estimate of drug-likeness (QED) is 0.797. The molecule has 3 nitrogen and oxygen atoms in total. The van der Waals surface area contributed by atoms with E-state index in [0.29, 0.717) is 18.6 Å².